The molecule has 0 aromatic rings. The summed E-state index contributed by atoms with van der Waals surface area (Å²) in [7, 11) is 0. The number of Topliss-reactive ketones (excluding diaryl/α,β-unsaturated/α-hetero) is 1. The topological polar surface area (TPSA) is 37.3 Å². The summed E-state index contributed by atoms with van der Waals surface area (Å²) < 4.78 is 0. The van der Waals surface area contributed by atoms with E-state index in [4.69, 9.17) is 11.5 Å². The van der Waals surface area contributed by atoms with Gasteiger partial charge in [0.15, 0.2) is 5.78 Å². The maximum Gasteiger partial charge on any atom is 0.161 e. The third kappa shape index (κ3) is 10.2. The number of hydrogen-bond acceptors (Lipinski definition) is 2. The average Bonchev–Trinajstić information content (AvgIpc) is 2.37. The Morgan fingerprint density at radius 3 is 2.12 bits per heavy atom. The quantitative estimate of drug-likeness (QED) is 0.460. The van der Waals surface area contributed by atoms with Crippen LogP contribution >= 0.6 is 0 Å². The number of aliphatic hydroxyl groups excluding tert-OH is 1. The van der Waals surface area contributed by atoms with Crippen molar-refractivity contribution in [3.05, 3.63) is 11.3 Å². The summed E-state index contributed by atoms with van der Waals surface area (Å²) in [6, 6.07) is 0. The van der Waals surface area contributed by atoms with Gasteiger partial charge in [-0.15, -0.1) is 6.42 Å². The molecular formula is C15H18O2. The number of carbonyl (C=O) groups is 1. The van der Waals surface area contributed by atoms with Gasteiger partial charge in [-0.2, -0.15) is 0 Å². The number of aliphatic hydroxyl groups is 1. The molecule has 0 radical (unpaired) electrons. The maximum atomic E-state index is 10.9. The molecule has 0 amide bonds. The second-order valence-corrected chi connectivity index (χ2v) is 2.97. The lowest BCUT2D eigenvalue weighted by molar-refractivity contribution is -0.115. The standard InChI is InChI=1S/C8H14O2.C7H4/c1-4-7(9)6(3)8(10)5-2;1-3-5-7-6-4-2/h9H,4-5H2,1-3H3;1H,2H3/b7-6-;. The molecule has 2 nitrogen and oxygen atoms in total. The molecule has 0 aromatic heterocycles. The normalized spacial score (nSPS) is 8.88. The SMILES string of the molecule is C#CC#CC#CC.CCC(=O)/C(C)=C(\O)CC. The highest BCUT2D eigenvalue weighted by atomic mass is 16.3. The molecule has 0 bridgehead atoms. The van der Waals surface area contributed by atoms with Gasteiger partial charge in [-0.3, -0.25) is 4.79 Å². The fraction of sp³-hybridized carbons (Fsp3) is 0.400. The van der Waals surface area contributed by atoms with Gasteiger partial charge in [-0.05, 0) is 37.5 Å². The second-order valence-electron chi connectivity index (χ2n) is 2.97. The van der Waals surface area contributed by atoms with Crippen LogP contribution in [0.1, 0.15) is 40.5 Å². The molecule has 0 fully saturated rings. The molecule has 0 spiro atoms. The molecule has 0 aromatic carbocycles. The van der Waals surface area contributed by atoms with Crippen LogP contribution in [0.2, 0.25) is 0 Å². The molecule has 0 rings (SSSR count). The van der Waals surface area contributed by atoms with E-state index < -0.39 is 0 Å². The van der Waals surface area contributed by atoms with Crippen molar-refractivity contribution in [3.63, 3.8) is 0 Å². The summed E-state index contributed by atoms with van der Waals surface area (Å²) in [6.45, 7) is 6.98. The van der Waals surface area contributed by atoms with Crippen LogP contribution in [0.15, 0.2) is 11.3 Å². The Hall–Kier alpha value is -2.11. The third-order valence-electron chi connectivity index (χ3n) is 1.83. The molecule has 0 unspecified atom stereocenters. The Morgan fingerprint density at radius 1 is 1.18 bits per heavy atom. The van der Waals surface area contributed by atoms with Gasteiger partial charge in [0.1, 0.15) is 0 Å². The van der Waals surface area contributed by atoms with Crippen LogP contribution in [-0.4, -0.2) is 10.9 Å². The van der Waals surface area contributed by atoms with E-state index >= 15 is 0 Å². The first-order chi connectivity index (χ1) is 8.04. The second kappa shape index (κ2) is 12.0. The van der Waals surface area contributed by atoms with E-state index in [-0.39, 0.29) is 11.5 Å². The van der Waals surface area contributed by atoms with Gasteiger partial charge in [0.2, 0.25) is 0 Å². The predicted octanol–water partition coefficient (Wildman–Crippen LogP) is 2.85. The monoisotopic (exact) mass is 230 g/mol. The van der Waals surface area contributed by atoms with E-state index in [1.807, 2.05) is 6.92 Å². The lowest BCUT2D eigenvalue weighted by atomic mass is 10.1. The summed E-state index contributed by atoms with van der Waals surface area (Å²) >= 11 is 0. The lowest BCUT2D eigenvalue weighted by Crippen LogP contribution is -2.00. The summed E-state index contributed by atoms with van der Waals surface area (Å²) in [5.41, 5.74) is 0.505. The fourth-order valence-corrected chi connectivity index (χ4v) is 0.821. The number of allylic oxidation sites excluding steroid dienone is 2. The van der Waals surface area contributed by atoms with Crippen molar-refractivity contribution in [2.75, 3.05) is 0 Å². The Morgan fingerprint density at radius 2 is 1.76 bits per heavy atom. The van der Waals surface area contributed by atoms with Crippen molar-refractivity contribution in [1.82, 2.24) is 0 Å². The first-order valence-corrected chi connectivity index (χ1v) is 5.34. The van der Waals surface area contributed by atoms with E-state index in [1.165, 1.54) is 0 Å². The number of carbonyl (C=O) groups excluding carboxylic acids is 1. The molecule has 0 saturated heterocycles. The van der Waals surface area contributed by atoms with E-state index in [9.17, 15) is 4.79 Å². The highest BCUT2D eigenvalue weighted by Crippen LogP contribution is 2.06. The van der Waals surface area contributed by atoms with E-state index in [0.717, 1.165) is 0 Å². The number of hydrogen-bond donors (Lipinski definition) is 1. The summed E-state index contributed by atoms with van der Waals surface area (Å²) in [6.07, 6.45) is 5.79. The highest BCUT2D eigenvalue weighted by molar-refractivity contribution is 5.94. The first-order valence-electron chi connectivity index (χ1n) is 5.34. The van der Waals surface area contributed by atoms with E-state index in [1.54, 1.807) is 20.8 Å². The molecule has 1 N–H and O–H groups in total. The van der Waals surface area contributed by atoms with Crippen LogP contribution in [0.4, 0.5) is 0 Å². The van der Waals surface area contributed by atoms with Gasteiger partial charge in [-0.25, -0.2) is 0 Å². The van der Waals surface area contributed by atoms with Crippen molar-refractivity contribution in [3.8, 4) is 36.0 Å². The fourth-order valence-electron chi connectivity index (χ4n) is 0.821. The third-order valence-corrected chi connectivity index (χ3v) is 1.83. The summed E-state index contributed by atoms with van der Waals surface area (Å²) in [4.78, 5) is 10.9. The van der Waals surface area contributed by atoms with Gasteiger partial charge in [0, 0.05) is 18.4 Å². The molecule has 0 heterocycles. The Bertz CT molecular complexity index is 426. The molecule has 0 aliphatic rings. The molecule has 17 heavy (non-hydrogen) atoms. The number of ketones is 1. The smallest absolute Gasteiger partial charge is 0.161 e. The van der Waals surface area contributed by atoms with Gasteiger partial charge in [0.25, 0.3) is 0 Å². The number of rotatable bonds is 3. The van der Waals surface area contributed by atoms with Crippen molar-refractivity contribution in [2.24, 2.45) is 0 Å². The van der Waals surface area contributed by atoms with Crippen LogP contribution in [0.25, 0.3) is 0 Å². The van der Waals surface area contributed by atoms with Crippen LogP contribution in [0.3, 0.4) is 0 Å². The Balaban J connectivity index is 0. The largest absolute Gasteiger partial charge is 0.512 e. The van der Waals surface area contributed by atoms with Crippen LogP contribution in [-0.2, 0) is 4.79 Å². The van der Waals surface area contributed by atoms with E-state index in [2.05, 4.69) is 29.6 Å². The minimum atomic E-state index is 0.0272. The first kappa shape index (κ1) is 17.3. The minimum absolute atomic E-state index is 0.0272. The Labute approximate surface area is 104 Å². The minimum Gasteiger partial charge on any atom is -0.512 e. The lowest BCUT2D eigenvalue weighted by Gasteiger charge is -1.99. The highest BCUT2D eigenvalue weighted by Gasteiger charge is 2.05. The zero-order valence-corrected chi connectivity index (χ0v) is 10.8. The van der Waals surface area contributed by atoms with Gasteiger partial charge >= 0.3 is 0 Å². The average molecular weight is 230 g/mol. The Kier molecular flexibility index (Phi) is 12.2. The van der Waals surface area contributed by atoms with Crippen molar-refractivity contribution in [2.45, 2.75) is 40.5 Å². The molecule has 0 saturated carbocycles. The van der Waals surface area contributed by atoms with Gasteiger partial charge in [0.05, 0.1) is 5.76 Å². The zero-order valence-electron chi connectivity index (χ0n) is 10.8. The summed E-state index contributed by atoms with van der Waals surface area (Å²) in [5, 5.41) is 9.09. The number of terminal acetylenes is 1. The van der Waals surface area contributed by atoms with Crippen molar-refractivity contribution >= 4 is 5.78 Å². The van der Waals surface area contributed by atoms with Crippen molar-refractivity contribution in [1.29, 1.82) is 0 Å². The molecular weight excluding hydrogens is 212 g/mol. The molecule has 0 atom stereocenters. The van der Waals surface area contributed by atoms with Gasteiger partial charge < -0.3 is 5.11 Å². The molecule has 2 heteroatoms. The zero-order chi connectivity index (χ0) is 13.7. The van der Waals surface area contributed by atoms with Crippen molar-refractivity contribution < 1.29 is 9.90 Å². The summed E-state index contributed by atoms with van der Waals surface area (Å²) in [5.74, 6) is 12.3. The van der Waals surface area contributed by atoms with Gasteiger partial charge in [-0.1, -0.05) is 19.8 Å². The van der Waals surface area contributed by atoms with Crippen LogP contribution in [0, 0.1) is 36.0 Å². The predicted molar refractivity (Wildman–Crippen MR) is 71.0 cm³/mol. The molecule has 0 aliphatic carbocycles. The van der Waals surface area contributed by atoms with Crippen LogP contribution in [0.5, 0.6) is 0 Å². The molecule has 0 aliphatic heterocycles. The van der Waals surface area contributed by atoms with E-state index in [0.29, 0.717) is 18.4 Å². The maximum absolute atomic E-state index is 10.9. The molecule has 90 valence electrons. The van der Waals surface area contributed by atoms with Crippen LogP contribution < -0.4 is 0 Å².